The summed E-state index contributed by atoms with van der Waals surface area (Å²) in [6.45, 7) is 0. The second-order valence-electron chi connectivity index (χ2n) is 3.27. The van der Waals surface area contributed by atoms with Crippen LogP contribution in [-0.2, 0) is 0 Å². The molecule has 2 N–H and O–H groups in total. The molecular weight excluding hydrogens is 177 g/mol. The van der Waals surface area contributed by atoms with Crippen molar-refractivity contribution in [3.8, 4) is 0 Å². The highest BCUT2D eigenvalue weighted by Crippen LogP contribution is 2.36. The van der Waals surface area contributed by atoms with Crippen molar-refractivity contribution in [1.29, 1.82) is 0 Å². The van der Waals surface area contributed by atoms with Gasteiger partial charge in [-0.2, -0.15) is 0 Å². The molecule has 2 aliphatic rings. The van der Waals surface area contributed by atoms with Gasteiger partial charge >= 0.3 is 0 Å². The highest BCUT2D eigenvalue weighted by molar-refractivity contribution is 7.42. The van der Waals surface area contributed by atoms with Crippen molar-refractivity contribution < 1.29 is 0 Å². The maximum Gasteiger partial charge on any atom is 0.00898 e. The van der Waals surface area contributed by atoms with E-state index in [1.807, 2.05) is 6.08 Å². The van der Waals surface area contributed by atoms with Gasteiger partial charge in [-0.15, -0.1) is 0 Å². The summed E-state index contributed by atoms with van der Waals surface area (Å²) in [7, 11) is 1.09. The molecule has 2 heteroatoms. The Labute approximate surface area is 80.1 Å². The van der Waals surface area contributed by atoms with E-state index in [0.717, 1.165) is 20.3 Å². The second kappa shape index (κ2) is 3.35. The van der Waals surface area contributed by atoms with E-state index in [-0.39, 0.29) is 0 Å². The number of hydrogen-bond donors (Lipinski definition) is 1. The Bertz CT molecular complexity index is 358. The average molecular weight is 189 g/mol. The molecule has 2 rings (SSSR count). The minimum absolute atomic E-state index is 0.485. The number of rotatable bonds is 1. The highest BCUT2D eigenvalue weighted by Gasteiger charge is 2.19. The van der Waals surface area contributed by atoms with E-state index < -0.39 is 0 Å². The van der Waals surface area contributed by atoms with Gasteiger partial charge in [0.15, 0.2) is 0 Å². The molecule has 0 fully saturated rings. The van der Waals surface area contributed by atoms with Crippen LogP contribution in [0.25, 0.3) is 0 Å². The van der Waals surface area contributed by atoms with Gasteiger partial charge in [-0.1, -0.05) is 38.8 Å². The van der Waals surface area contributed by atoms with E-state index in [4.69, 9.17) is 5.73 Å². The normalized spacial score (nSPS) is 26.2. The van der Waals surface area contributed by atoms with Crippen molar-refractivity contribution in [2.75, 3.05) is 0 Å². The number of nitrogens with two attached hydrogens (primary N) is 1. The van der Waals surface area contributed by atoms with Crippen LogP contribution in [-0.4, -0.2) is 6.30 Å². The smallest absolute Gasteiger partial charge is 0.00898 e. The van der Waals surface area contributed by atoms with Gasteiger partial charge in [0.25, 0.3) is 0 Å². The third kappa shape index (κ3) is 1.52. The Kier molecular flexibility index (Phi) is 2.20. The molecule has 0 radical (unpaired) electrons. The first kappa shape index (κ1) is 8.52. The Morgan fingerprint density at radius 3 is 3.00 bits per heavy atom. The molecule has 66 valence electrons. The van der Waals surface area contributed by atoms with Crippen molar-refractivity contribution >= 4 is 14.5 Å². The average Bonchev–Trinajstić information content (AvgIpc) is 2.16. The van der Waals surface area contributed by atoms with Crippen molar-refractivity contribution in [3.05, 3.63) is 47.0 Å². The van der Waals surface area contributed by atoms with Crippen LogP contribution in [0.3, 0.4) is 0 Å². The topological polar surface area (TPSA) is 26.0 Å². The van der Waals surface area contributed by atoms with E-state index in [1.165, 1.54) is 10.9 Å². The van der Waals surface area contributed by atoms with Crippen LogP contribution in [0.5, 0.6) is 0 Å². The molecule has 0 amide bonds. The van der Waals surface area contributed by atoms with Gasteiger partial charge in [-0.25, -0.2) is 0 Å². The molecule has 1 unspecified atom stereocenters. The molecule has 0 spiro atoms. The summed E-state index contributed by atoms with van der Waals surface area (Å²) in [6.07, 6.45) is 15.4. The number of fused-ring (bicyclic) bond motifs is 1. The Morgan fingerprint density at radius 2 is 2.23 bits per heavy atom. The standard InChI is InChI=1S/C11H12NP/c1-13-11-4-2-3-8-7-9(12)5-6-10(8)11/h2-6,8H,1,7,12H2. The number of hydrogen-bond acceptors (Lipinski definition) is 1. The summed E-state index contributed by atoms with van der Waals surface area (Å²) in [5, 5.41) is 1.32. The van der Waals surface area contributed by atoms with E-state index in [9.17, 15) is 0 Å². The van der Waals surface area contributed by atoms with Crippen LogP contribution >= 0.6 is 8.20 Å². The minimum Gasteiger partial charge on any atom is -0.402 e. The van der Waals surface area contributed by atoms with E-state index >= 15 is 0 Å². The zero-order valence-corrected chi connectivity index (χ0v) is 8.30. The first-order valence-electron chi connectivity index (χ1n) is 4.33. The van der Waals surface area contributed by atoms with Crippen LogP contribution in [0.1, 0.15) is 6.42 Å². The molecule has 0 aromatic rings. The van der Waals surface area contributed by atoms with E-state index in [0.29, 0.717) is 5.92 Å². The molecule has 1 atom stereocenters. The maximum absolute atomic E-state index is 5.77. The van der Waals surface area contributed by atoms with Crippen molar-refractivity contribution in [2.45, 2.75) is 6.42 Å². The Morgan fingerprint density at radius 1 is 1.38 bits per heavy atom. The van der Waals surface area contributed by atoms with E-state index in [2.05, 4.69) is 30.6 Å². The lowest BCUT2D eigenvalue weighted by molar-refractivity contribution is 0.736. The molecule has 1 nitrogen and oxygen atoms in total. The summed E-state index contributed by atoms with van der Waals surface area (Å²) in [4.78, 5) is 0. The molecular formula is C11H12NP. The summed E-state index contributed by atoms with van der Waals surface area (Å²) in [5.41, 5.74) is 8.13. The number of allylic oxidation sites excluding steroid dienone is 8. The largest absolute Gasteiger partial charge is 0.402 e. The SMILES string of the molecule is C=PC1=CC=CC2CC(N)=CC=C12. The lowest BCUT2D eigenvalue weighted by Crippen LogP contribution is -2.13. The summed E-state index contributed by atoms with van der Waals surface area (Å²) < 4.78 is 0. The fraction of sp³-hybridized carbons (Fsp3) is 0.182. The van der Waals surface area contributed by atoms with Gasteiger partial charge in [-0.05, 0) is 18.1 Å². The van der Waals surface area contributed by atoms with Gasteiger partial charge < -0.3 is 5.73 Å². The molecule has 0 heterocycles. The zero-order valence-electron chi connectivity index (χ0n) is 7.40. The van der Waals surface area contributed by atoms with Gasteiger partial charge in [0.05, 0.1) is 0 Å². The Balaban J connectivity index is 2.41. The fourth-order valence-corrected chi connectivity index (χ4v) is 2.33. The summed E-state index contributed by atoms with van der Waals surface area (Å²) in [5.74, 6) is 0.485. The van der Waals surface area contributed by atoms with Crippen molar-refractivity contribution in [3.63, 3.8) is 0 Å². The highest BCUT2D eigenvalue weighted by atomic mass is 31.1. The van der Waals surface area contributed by atoms with Gasteiger partial charge in [0.1, 0.15) is 0 Å². The lowest BCUT2D eigenvalue weighted by atomic mass is 9.87. The zero-order chi connectivity index (χ0) is 9.26. The third-order valence-corrected chi connectivity index (χ3v) is 3.14. The van der Waals surface area contributed by atoms with Gasteiger partial charge in [0.2, 0.25) is 0 Å². The summed E-state index contributed by atoms with van der Waals surface area (Å²) >= 11 is 0. The predicted octanol–water partition coefficient (Wildman–Crippen LogP) is 2.61. The first-order valence-corrected chi connectivity index (χ1v) is 5.41. The van der Waals surface area contributed by atoms with Crippen LogP contribution in [0, 0.1) is 5.92 Å². The predicted molar refractivity (Wildman–Crippen MR) is 59.7 cm³/mol. The van der Waals surface area contributed by atoms with Crippen LogP contribution in [0.2, 0.25) is 0 Å². The molecule has 0 saturated heterocycles. The summed E-state index contributed by atoms with van der Waals surface area (Å²) in [6, 6.07) is 0. The van der Waals surface area contributed by atoms with E-state index in [1.54, 1.807) is 0 Å². The lowest BCUT2D eigenvalue weighted by Gasteiger charge is -2.23. The quantitative estimate of drug-likeness (QED) is 0.630. The van der Waals surface area contributed by atoms with Crippen LogP contribution in [0.4, 0.5) is 0 Å². The Hall–Kier alpha value is -1.07. The van der Waals surface area contributed by atoms with Gasteiger partial charge in [0, 0.05) is 16.9 Å². The molecule has 0 saturated carbocycles. The molecule has 0 bridgehead atoms. The minimum atomic E-state index is 0.485. The molecule has 2 aliphatic carbocycles. The molecule has 0 aliphatic heterocycles. The van der Waals surface area contributed by atoms with Crippen molar-refractivity contribution in [1.82, 2.24) is 0 Å². The van der Waals surface area contributed by atoms with Crippen molar-refractivity contribution in [2.24, 2.45) is 11.7 Å². The maximum atomic E-state index is 5.77. The first-order chi connectivity index (χ1) is 6.31. The van der Waals surface area contributed by atoms with Gasteiger partial charge in [-0.3, -0.25) is 0 Å². The van der Waals surface area contributed by atoms with Crippen LogP contribution in [0.15, 0.2) is 47.0 Å². The molecule has 13 heavy (non-hydrogen) atoms. The monoisotopic (exact) mass is 189 g/mol. The molecule has 0 aromatic heterocycles. The fourth-order valence-electron chi connectivity index (χ4n) is 1.72. The third-order valence-electron chi connectivity index (χ3n) is 2.40. The van der Waals surface area contributed by atoms with Crippen LogP contribution < -0.4 is 5.73 Å². The second-order valence-corrected chi connectivity index (χ2v) is 4.07. The molecule has 0 aromatic carbocycles.